The number of halogens is 1. The fourth-order valence-corrected chi connectivity index (χ4v) is 4.74. The van der Waals surface area contributed by atoms with E-state index in [1.54, 1.807) is 26.8 Å². The zero-order valence-corrected chi connectivity index (χ0v) is 19.7. The van der Waals surface area contributed by atoms with Gasteiger partial charge in [-0.15, -0.1) is 0 Å². The molecule has 1 heterocycles. The second-order valence-electron chi connectivity index (χ2n) is 8.01. The van der Waals surface area contributed by atoms with E-state index >= 15 is 0 Å². The first-order chi connectivity index (χ1) is 15.4. The molecular weight excluding hydrogens is 471 g/mol. The number of carboxylic acid groups (broad SMARTS) is 1. The predicted molar refractivity (Wildman–Crippen MR) is 121 cm³/mol. The van der Waals surface area contributed by atoms with Crippen molar-refractivity contribution >= 4 is 28.6 Å². The molecule has 0 fully saturated rings. The molecule has 33 heavy (non-hydrogen) atoms. The van der Waals surface area contributed by atoms with Crippen LogP contribution in [0.15, 0.2) is 64.0 Å². The van der Waals surface area contributed by atoms with Crippen LogP contribution in [0.1, 0.15) is 30.6 Å². The minimum Gasteiger partial charge on any atom is -0.480 e. The topological polar surface area (TPSA) is 119 Å². The van der Waals surface area contributed by atoms with Gasteiger partial charge in [0, 0.05) is 11.5 Å². The molecule has 8 nitrogen and oxygen atoms in total. The van der Waals surface area contributed by atoms with Gasteiger partial charge in [0.15, 0.2) is 0 Å². The largest absolute Gasteiger partial charge is 0.480 e. The Kier molecular flexibility index (Phi) is 7.15. The quantitative estimate of drug-likeness (QED) is 0.379. The van der Waals surface area contributed by atoms with Crippen LogP contribution in [0, 0.1) is 18.2 Å². The number of hydrogen-bond acceptors (Lipinski definition) is 7. The van der Waals surface area contributed by atoms with E-state index in [2.05, 4.69) is 22.5 Å². The summed E-state index contributed by atoms with van der Waals surface area (Å²) in [5.74, 6) is -0.546. The molecular formula is C22H23FN2O6S2. The number of sulfonamides is 1. The van der Waals surface area contributed by atoms with E-state index < -0.39 is 38.5 Å². The number of ether oxygens (including phenoxy) is 1. The summed E-state index contributed by atoms with van der Waals surface area (Å²) in [6.45, 7) is 4.84. The third-order valence-electron chi connectivity index (χ3n) is 5.08. The number of benzene rings is 2. The Morgan fingerprint density at radius 2 is 1.70 bits per heavy atom. The van der Waals surface area contributed by atoms with Gasteiger partial charge in [-0.25, -0.2) is 12.8 Å². The average Bonchev–Trinajstić information content (AvgIpc) is 3.19. The molecule has 11 heteroatoms. The van der Waals surface area contributed by atoms with Gasteiger partial charge in [-0.3, -0.25) is 4.79 Å². The molecule has 0 aliphatic rings. The molecule has 3 rings (SSSR count). The molecule has 0 bridgehead atoms. The molecule has 2 N–H and O–H groups in total. The lowest BCUT2D eigenvalue weighted by Gasteiger charge is -2.35. The summed E-state index contributed by atoms with van der Waals surface area (Å²) >= 11 is 4.49. The lowest BCUT2D eigenvalue weighted by molar-refractivity contribution is -0.142. The van der Waals surface area contributed by atoms with E-state index in [0.717, 1.165) is 0 Å². The number of carbonyl (C=O) groups is 1. The van der Waals surface area contributed by atoms with Gasteiger partial charge in [0.1, 0.15) is 29.1 Å². The predicted octanol–water partition coefficient (Wildman–Crippen LogP) is 4.34. The Hall–Kier alpha value is -2.89. The zero-order chi connectivity index (χ0) is 24.4. The Labute approximate surface area is 196 Å². The molecule has 0 aliphatic carbocycles. The van der Waals surface area contributed by atoms with Crippen LogP contribution in [0.25, 0.3) is 0 Å². The van der Waals surface area contributed by atoms with Crippen molar-refractivity contribution in [3.8, 4) is 11.5 Å². The Morgan fingerprint density at radius 3 is 2.18 bits per heavy atom. The van der Waals surface area contributed by atoms with Crippen LogP contribution in [0.5, 0.6) is 11.5 Å². The molecule has 0 amide bonds. The summed E-state index contributed by atoms with van der Waals surface area (Å²) < 4.78 is 51.8. The van der Waals surface area contributed by atoms with Crippen LogP contribution in [0.4, 0.5) is 4.39 Å². The number of carboxylic acids is 1. The van der Waals surface area contributed by atoms with Crippen LogP contribution in [0.2, 0.25) is 0 Å². The molecule has 0 spiro atoms. The second kappa shape index (κ2) is 9.54. The van der Waals surface area contributed by atoms with E-state index in [1.807, 2.05) is 0 Å². The van der Waals surface area contributed by atoms with Crippen molar-refractivity contribution in [3.63, 3.8) is 0 Å². The molecule has 1 aromatic heterocycles. The van der Waals surface area contributed by atoms with Crippen LogP contribution in [0.3, 0.4) is 0 Å². The molecule has 0 aliphatic heterocycles. The normalized spacial score (nSPS) is 14.0. The summed E-state index contributed by atoms with van der Waals surface area (Å²) in [4.78, 5) is 11.9. The summed E-state index contributed by atoms with van der Waals surface area (Å²) in [6, 6.07) is 10.8. The smallest absolute Gasteiger partial charge is 0.322 e. The highest BCUT2D eigenvalue weighted by Gasteiger charge is 2.44. The van der Waals surface area contributed by atoms with Gasteiger partial charge in [-0.05, 0) is 55.5 Å². The number of rotatable bonds is 9. The minimum absolute atomic E-state index is 0.149. The molecule has 0 saturated heterocycles. The van der Waals surface area contributed by atoms with Gasteiger partial charge in [0.05, 0.1) is 15.8 Å². The van der Waals surface area contributed by atoms with Gasteiger partial charge in [0.2, 0.25) is 10.0 Å². The minimum atomic E-state index is -4.21. The number of hydrogen-bond donors (Lipinski definition) is 3. The van der Waals surface area contributed by atoms with Crippen LogP contribution in [-0.4, -0.2) is 30.7 Å². The third kappa shape index (κ3) is 5.73. The molecule has 2 unspecified atom stereocenters. The van der Waals surface area contributed by atoms with E-state index in [0.29, 0.717) is 23.0 Å². The maximum absolute atomic E-state index is 13.0. The molecule has 176 valence electrons. The Balaban J connectivity index is 1.80. The van der Waals surface area contributed by atoms with Crippen molar-refractivity contribution in [1.29, 1.82) is 0 Å². The highest BCUT2D eigenvalue weighted by Crippen LogP contribution is 2.41. The number of nitrogens with one attached hydrogen (secondary N) is 1. The standard InChI is InChI=1S/C22H23FN2O6S2/c1-13-12-18(24-31-13)20(32)22(2,3)19(21(26)27)25-33(28,29)17-10-8-16(9-11-17)30-15-6-4-14(23)5-7-15/h4-12,19-20,25,32H,1-3H3,(H,26,27). The van der Waals surface area contributed by atoms with Crippen molar-refractivity contribution in [2.24, 2.45) is 5.41 Å². The van der Waals surface area contributed by atoms with Crippen LogP contribution in [-0.2, 0) is 14.8 Å². The van der Waals surface area contributed by atoms with Gasteiger partial charge >= 0.3 is 5.97 Å². The number of thiol groups is 1. The van der Waals surface area contributed by atoms with Crippen LogP contribution < -0.4 is 9.46 Å². The van der Waals surface area contributed by atoms with E-state index in [-0.39, 0.29) is 4.90 Å². The van der Waals surface area contributed by atoms with Crippen molar-refractivity contribution in [2.75, 3.05) is 0 Å². The fraction of sp³-hybridized carbons (Fsp3) is 0.273. The third-order valence-corrected chi connectivity index (χ3v) is 7.45. The summed E-state index contributed by atoms with van der Waals surface area (Å²) in [6.07, 6.45) is 0. The first kappa shape index (κ1) is 24.7. The number of aromatic nitrogens is 1. The lowest BCUT2D eigenvalue weighted by atomic mass is 9.80. The lowest BCUT2D eigenvalue weighted by Crippen LogP contribution is -2.51. The van der Waals surface area contributed by atoms with Crippen molar-refractivity contribution in [1.82, 2.24) is 9.88 Å². The average molecular weight is 495 g/mol. The SMILES string of the molecule is Cc1cc(C(S)C(C)(C)C(NS(=O)(=O)c2ccc(Oc3ccc(F)cc3)cc2)C(=O)O)no1. The maximum atomic E-state index is 13.0. The van der Waals surface area contributed by atoms with Crippen molar-refractivity contribution in [2.45, 2.75) is 37.0 Å². The highest BCUT2D eigenvalue weighted by atomic mass is 32.2. The van der Waals surface area contributed by atoms with Crippen molar-refractivity contribution < 1.29 is 32.0 Å². The van der Waals surface area contributed by atoms with Gasteiger partial charge < -0.3 is 14.4 Å². The summed E-state index contributed by atoms with van der Waals surface area (Å²) in [5, 5.41) is 12.9. The fourth-order valence-electron chi connectivity index (χ4n) is 3.12. The van der Waals surface area contributed by atoms with E-state index in [4.69, 9.17) is 9.26 Å². The second-order valence-corrected chi connectivity index (χ2v) is 10.2. The molecule has 3 aromatic rings. The van der Waals surface area contributed by atoms with Crippen LogP contribution >= 0.6 is 12.6 Å². The molecule has 0 radical (unpaired) electrons. The number of aryl methyl sites for hydroxylation is 1. The highest BCUT2D eigenvalue weighted by molar-refractivity contribution is 7.89. The zero-order valence-electron chi connectivity index (χ0n) is 18.0. The Bertz CT molecular complexity index is 1220. The molecule has 0 saturated carbocycles. The van der Waals surface area contributed by atoms with Gasteiger partial charge in [-0.2, -0.15) is 17.4 Å². The monoisotopic (exact) mass is 494 g/mol. The van der Waals surface area contributed by atoms with Gasteiger partial charge in [0.25, 0.3) is 0 Å². The van der Waals surface area contributed by atoms with Crippen molar-refractivity contribution in [3.05, 3.63) is 71.9 Å². The van der Waals surface area contributed by atoms with E-state index in [1.165, 1.54) is 48.5 Å². The summed E-state index contributed by atoms with van der Waals surface area (Å²) in [7, 11) is -4.21. The summed E-state index contributed by atoms with van der Waals surface area (Å²) in [5.41, 5.74) is -0.787. The first-order valence-electron chi connectivity index (χ1n) is 9.80. The number of aliphatic carboxylic acids is 1. The molecule has 2 atom stereocenters. The molecule has 2 aromatic carbocycles. The van der Waals surface area contributed by atoms with Gasteiger partial charge in [-0.1, -0.05) is 19.0 Å². The first-order valence-corrected chi connectivity index (χ1v) is 11.8. The number of nitrogens with zero attached hydrogens (tertiary/aromatic N) is 1. The maximum Gasteiger partial charge on any atom is 0.322 e. The van der Waals surface area contributed by atoms with E-state index in [9.17, 15) is 22.7 Å². The Morgan fingerprint density at radius 1 is 1.15 bits per heavy atom.